The van der Waals surface area contributed by atoms with E-state index in [1.54, 1.807) is 6.26 Å². The van der Waals surface area contributed by atoms with E-state index in [4.69, 9.17) is 10.2 Å². The van der Waals surface area contributed by atoms with Gasteiger partial charge in [0, 0.05) is 13.1 Å². The van der Waals surface area contributed by atoms with Gasteiger partial charge in [0.05, 0.1) is 18.1 Å². The minimum absolute atomic E-state index is 0.307. The highest BCUT2D eigenvalue weighted by molar-refractivity contribution is 8.00. The molecule has 0 spiro atoms. The molecule has 0 unspecified atom stereocenters. The highest BCUT2D eigenvalue weighted by Crippen LogP contribution is 2.29. The van der Waals surface area contributed by atoms with Crippen molar-refractivity contribution in [3.63, 3.8) is 0 Å². The highest BCUT2D eigenvalue weighted by Gasteiger charge is 2.24. The fourth-order valence-corrected chi connectivity index (χ4v) is 3.76. The zero-order valence-electron chi connectivity index (χ0n) is 13.9. The quantitative estimate of drug-likeness (QED) is 0.771. The normalized spacial score (nSPS) is 16.3. The van der Waals surface area contributed by atoms with Crippen LogP contribution in [0.5, 0.6) is 0 Å². The van der Waals surface area contributed by atoms with Crippen molar-refractivity contribution in [1.82, 2.24) is 14.8 Å². The van der Waals surface area contributed by atoms with Crippen molar-refractivity contribution in [1.29, 1.82) is 0 Å². The second-order valence-electron chi connectivity index (χ2n) is 5.91. The first-order valence-corrected chi connectivity index (χ1v) is 9.23. The number of furan rings is 1. The molecular formula is C16H23N5O2S. The molecular weight excluding hydrogens is 326 g/mol. The lowest BCUT2D eigenvalue weighted by Gasteiger charge is -2.27. The van der Waals surface area contributed by atoms with Gasteiger partial charge in [-0.05, 0) is 37.8 Å². The third-order valence-corrected chi connectivity index (χ3v) is 5.53. The summed E-state index contributed by atoms with van der Waals surface area (Å²) in [5.74, 6) is 1.35. The van der Waals surface area contributed by atoms with Crippen LogP contribution >= 0.6 is 11.8 Å². The van der Waals surface area contributed by atoms with Crippen LogP contribution in [0.15, 0.2) is 28.0 Å². The Hall–Kier alpha value is -1.96. The van der Waals surface area contributed by atoms with E-state index >= 15 is 0 Å². The number of primary amides is 1. The largest absolute Gasteiger partial charge is 0.467 e. The molecule has 1 saturated heterocycles. The van der Waals surface area contributed by atoms with E-state index in [2.05, 4.69) is 15.1 Å². The zero-order chi connectivity index (χ0) is 16.9. The Balaban J connectivity index is 1.89. The van der Waals surface area contributed by atoms with E-state index in [1.165, 1.54) is 18.2 Å². The molecule has 0 saturated carbocycles. The Morgan fingerprint density at radius 1 is 1.38 bits per heavy atom. The Labute approximate surface area is 145 Å². The van der Waals surface area contributed by atoms with Crippen molar-refractivity contribution in [3.8, 4) is 0 Å². The van der Waals surface area contributed by atoms with Gasteiger partial charge in [-0.1, -0.05) is 18.7 Å². The predicted molar refractivity (Wildman–Crippen MR) is 93.0 cm³/mol. The Kier molecular flexibility index (Phi) is 5.44. The molecule has 1 fully saturated rings. The summed E-state index contributed by atoms with van der Waals surface area (Å²) < 4.78 is 7.52. The zero-order valence-corrected chi connectivity index (χ0v) is 14.7. The fraction of sp³-hybridized carbons (Fsp3) is 0.562. The van der Waals surface area contributed by atoms with E-state index < -0.39 is 0 Å². The molecule has 3 heterocycles. The summed E-state index contributed by atoms with van der Waals surface area (Å²) in [6.07, 6.45) is 5.89. The SMILES string of the molecule is CC[C@@H](Sc1nnc(N2CCCCC2)n1Cc1ccco1)C(N)=O. The summed E-state index contributed by atoms with van der Waals surface area (Å²) in [5, 5.41) is 9.12. The Morgan fingerprint density at radius 2 is 2.17 bits per heavy atom. The van der Waals surface area contributed by atoms with Crippen molar-refractivity contribution < 1.29 is 9.21 Å². The molecule has 2 aromatic rings. The van der Waals surface area contributed by atoms with E-state index in [0.717, 1.165) is 37.6 Å². The molecule has 0 aromatic carbocycles. The van der Waals surface area contributed by atoms with Crippen LogP contribution in [0.2, 0.25) is 0 Å². The number of amides is 1. The van der Waals surface area contributed by atoms with Crippen LogP contribution < -0.4 is 10.6 Å². The maximum absolute atomic E-state index is 11.6. The van der Waals surface area contributed by atoms with Crippen LogP contribution in [0.4, 0.5) is 5.95 Å². The Morgan fingerprint density at radius 3 is 2.79 bits per heavy atom. The maximum Gasteiger partial charge on any atom is 0.231 e. The smallest absolute Gasteiger partial charge is 0.231 e. The summed E-state index contributed by atoms with van der Waals surface area (Å²) in [6.45, 7) is 4.45. The summed E-state index contributed by atoms with van der Waals surface area (Å²) in [6, 6.07) is 3.80. The minimum Gasteiger partial charge on any atom is -0.467 e. The number of thioether (sulfide) groups is 1. The molecule has 1 aliphatic rings. The number of piperidine rings is 1. The third-order valence-electron chi connectivity index (χ3n) is 4.17. The summed E-state index contributed by atoms with van der Waals surface area (Å²) in [7, 11) is 0. The first kappa shape index (κ1) is 16.9. The molecule has 1 atom stereocenters. The monoisotopic (exact) mass is 349 g/mol. The standard InChI is InChI=1S/C16H23N5O2S/c1-2-13(14(17)22)24-16-19-18-15(20-8-4-3-5-9-20)21(16)11-12-7-6-10-23-12/h6-7,10,13H,2-5,8-9,11H2,1H3,(H2,17,22)/t13-/m1/s1. The molecule has 3 rings (SSSR count). The van der Waals surface area contributed by atoms with Crippen LogP contribution in [0.3, 0.4) is 0 Å². The second kappa shape index (κ2) is 7.74. The third kappa shape index (κ3) is 3.75. The molecule has 2 aromatic heterocycles. The molecule has 7 nitrogen and oxygen atoms in total. The topological polar surface area (TPSA) is 90.2 Å². The molecule has 0 radical (unpaired) electrons. The van der Waals surface area contributed by atoms with Crippen LogP contribution in [0.25, 0.3) is 0 Å². The van der Waals surface area contributed by atoms with Gasteiger partial charge in [-0.2, -0.15) is 0 Å². The first-order chi connectivity index (χ1) is 11.7. The number of anilines is 1. The van der Waals surface area contributed by atoms with Crippen molar-refractivity contribution in [3.05, 3.63) is 24.2 Å². The second-order valence-corrected chi connectivity index (χ2v) is 7.08. The summed E-state index contributed by atoms with van der Waals surface area (Å²) in [4.78, 5) is 13.8. The van der Waals surface area contributed by atoms with Crippen LogP contribution in [-0.2, 0) is 11.3 Å². The van der Waals surface area contributed by atoms with Gasteiger partial charge in [-0.25, -0.2) is 0 Å². The number of rotatable bonds is 7. The van der Waals surface area contributed by atoms with Gasteiger partial charge in [0.2, 0.25) is 11.9 Å². The lowest BCUT2D eigenvalue weighted by Crippen LogP contribution is -2.32. The van der Waals surface area contributed by atoms with Gasteiger partial charge in [-0.15, -0.1) is 10.2 Å². The Bertz CT molecular complexity index is 664. The minimum atomic E-state index is -0.324. The molecule has 1 amide bonds. The molecule has 1 aliphatic heterocycles. The average Bonchev–Trinajstić information content (AvgIpc) is 3.24. The van der Waals surface area contributed by atoms with Gasteiger partial charge in [0.1, 0.15) is 5.76 Å². The van der Waals surface area contributed by atoms with Crippen molar-refractivity contribution in [2.24, 2.45) is 5.73 Å². The summed E-state index contributed by atoms with van der Waals surface area (Å²) >= 11 is 1.38. The van der Waals surface area contributed by atoms with Gasteiger partial charge >= 0.3 is 0 Å². The summed E-state index contributed by atoms with van der Waals surface area (Å²) in [5.41, 5.74) is 5.48. The number of hydrogen-bond donors (Lipinski definition) is 1. The van der Waals surface area contributed by atoms with Crippen molar-refractivity contribution >= 4 is 23.6 Å². The van der Waals surface area contributed by atoms with Crippen LogP contribution in [0, 0.1) is 0 Å². The number of hydrogen-bond acceptors (Lipinski definition) is 6. The predicted octanol–water partition coefficient (Wildman–Crippen LogP) is 2.27. The number of nitrogens with zero attached hydrogens (tertiary/aromatic N) is 4. The highest BCUT2D eigenvalue weighted by atomic mass is 32.2. The lowest BCUT2D eigenvalue weighted by molar-refractivity contribution is -0.117. The fourth-order valence-electron chi connectivity index (χ4n) is 2.86. The van der Waals surface area contributed by atoms with Crippen molar-refractivity contribution in [2.75, 3.05) is 18.0 Å². The van der Waals surface area contributed by atoms with Crippen LogP contribution in [0.1, 0.15) is 38.4 Å². The van der Waals surface area contributed by atoms with E-state index in [1.807, 2.05) is 23.6 Å². The number of aromatic nitrogens is 3. The van der Waals surface area contributed by atoms with E-state index in [-0.39, 0.29) is 11.2 Å². The molecule has 0 aliphatic carbocycles. The van der Waals surface area contributed by atoms with Gasteiger partial charge in [-0.3, -0.25) is 9.36 Å². The van der Waals surface area contributed by atoms with Gasteiger partial charge in [0.25, 0.3) is 0 Å². The van der Waals surface area contributed by atoms with E-state index in [0.29, 0.717) is 18.1 Å². The molecule has 8 heteroatoms. The van der Waals surface area contributed by atoms with Gasteiger partial charge in [0.15, 0.2) is 5.16 Å². The van der Waals surface area contributed by atoms with Crippen LogP contribution in [-0.4, -0.2) is 39.0 Å². The molecule has 2 N–H and O–H groups in total. The molecule has 130 valence electrons. The van der Waals surface area contributed by atoms with E-state index in [9.17, 15) is 4.79 Å². The van der Waals surface area contributed by atoms with Crippen molar-refractivity contribution in [2.45, 2.75) is 49.6 Å². The average molecular weight is 349 g/mol. The number of carbonyl (C=O) groups excluding carboxylic acids is 1. The molecule has 24 heavy (non-hydrogen) atoms. The van der Waals surface area contributed by atoms with Gasteiger partial charge < -0.3 is 15.1 Å². The lowest BCUT2D eigenvalue weighted by atomic mass is 10.1. The first-order valence-electron chi connectivity index (χ1n) is 8.35. The number of carbonyl (C=O) groups is 1. The molecule has 0 bridgehead atoms. The number of nitrogens with two attached hydrogens (primary N) is 1. The maximum atomic E-state index is 11.6.